The summed E-state index contributed by atoms with van der Waals surface area (Å²) >= 11 is 5.63. The zero-order chi connectivity index (χ0) is 18.0. The zero-order valence-electron chi connectivity index (χ0n) is 15.2. The van der Waals surface area contributed by atoms with Gasteiger partial charge in [-0.2, -0.15) is 0 Å². The Bertz CT molecular complexity index is 817. The van der Waals surface area contributed by atoms with Crippen molar-refractivity contribution in [2.45, 2.75) is 53.1 Å². The SMILES string of the molecule is CCCc1ccc2c(c1)COP(=S)(Oc1cc(C)ccc1C(C)C)O2. The minimum Gasteiger partial charge on any atom is -0.415 e. The van der Waals surface area contributed by atoms with Gasteiger partial charge in [0, 0.05) is 17.4 Å². The lowest BCUT2D eigenvalue weighted by molar-refractivity contribution is 0.229. The number of aryl methyl sites for hydroxylation is 2. The third-order valence-corrected chi connectivity index (χ3v) is 6.30. The molecule has 1 aliphatic heterocycles. The molecule has 1 unspecified atom stereocenters. The second-order valence-corrected chi connectivity index (χ2v) is 9.65. The van der Waals surface area contributed by atoms with E-state index < -0.39 is 6.72 Å². The van der Waals surface area contributed by atoms with E-state index in [0.717, 1.165) is 41.0 Å². The van der Waals surface area contributed by atoms with Crippen LogP contribution in [0.15, 0.2) is 36.4 Å². The van der Waals surface area contributed by atoms with Crippen LogP contribution in [0, 0.1) is 6.92 Å². The average molecular weight is 376 g/mol. The van der Waals surface area contributed by atoms with Gasteiger partial charge in [0.15, 0.2) is 0 Å². The summed E-state index contributed by atoms with van der Waals surface area (Å²) in [6.07, 6.45) is 2.17. The first-order valence-electron chi connectivity index (χ1n) is 8.76. The predicted octanol–water partition coefficient (Wildman–Crippen LogP) is 6.28. The molecule has 0 radical (unpaired) electrons. The van der Waals surface area contributed by atoms with Crippen LogP contribution >= 0.6 is 6.72 Å². The van der Waals surface area contributed by atoms with E-state index in [4.69, 9.17) is 25.4 Å². The normalized spacial score (nSPS) is 19.4. The Hall–Kier alpha value is -1.35. The van der Waals surface area contributed by atoms with E-state index in [2.05, 4.69) is 45.0 Å². The summed E-state index contributed by atoms with van der Waals surface area (Å²) in [4.78, 5) is 0. The maximum absolute atomic E-state index is 6.13. The molecule has 134 valence electrons. The topological polar surface area (TPSA) is 27.7 Å². The van der Waals surface area contributed by atoms with Crippen molar-refractivity contribution in [1.29, 1.82) is 0 Å². The molecule has 0 amide bonds. The summed E-state index contributed by atoms with van der Waals surface area (Å²) in [6.45, 7) is 6.08. The standard InChI is InChI=1S/C20H25O3PS/c1-5-6-16-8-10-19-17(12-16)13-21-24(25,22-19)23-20-11-15(4)7-9-18(20)14(2)3/h7-12,14H,5-6,13H2,1-4H3. The summed E-state index contributed by atoms with van der Waals surface area (Å²) in [5.74, 6) is 1.89. The van der Waals surface area contributed by atoms with Crippen molar-refractivity contribution in [3.05, 3.63) is 58.7 Å². The van der Waals surface area contributed by atoms with Crippen LogP contribution in [-0.2, 0) is 29.4 Å². The van der Waals surface area contributed by atoms with Crippen LogP contribution in [0.1, 0.15) is 55.4 Å². The fourth-order valence-electron chi connectivity index (χ4n) is 2.94. The molecule has 0 saturated heterocycles. The molecular weight excluding hydrogens is 351 g/mol. The van der Waals surface area contributed by atoms with Crippen LogP contribution in [0.5, 0.6) is 11.5 Å². The molecule has 2 aromatic carbocycles. The molecule has 1 atom stereocenters. The molecule has 0 N–H and O–H groups in total. The number of rotatable bonds is 5. The molecule has 3 nitrogen and oxygen atoms in total. The van der Waals surface area contributed by atoms with Crippen molar-refractivity contribution in [2.24, 2.45) is 0 Å². The maximum Gasteiger partial charge on any atom is 0.435 e. The highest BCUT2D eigenvalue weighted by atomic mass is 32.5. The molecule has 25 heavy (non-hydrogen) atoms. The second kappa shape index (κ2) is 7.49. The van der Waals surface area contributed by atoms with Gasteiger partial charge >= 0.3 is 6.72 Å². The second-order valence-electron chi connectivity index (χ2n) is 6.79. The summed E-state index contributed by atoms with van der Waals surface area (Å²) in [5.41, 5.74) is 4.59. The smallest absolute Gasteiger partial charge is 0.415 e. The van der Waals surface area contributed by atoms with E-state index in [-0.39, 0.29) is 0 Å². The summed E-state index contributed by atoms with van der Waals surface area (Å²) in [7, 11) is 0. The van der Waals surface area contributed by atoms with Crippen molar-refractivity contribution in [3.8, 4) is 11.5 Å². The van der Waals surface area contributed by atoms with Gasteiger partial charge in [-0.1, -0.05) is 45.4 Å². The number of fused-ring (bicyclic) bond motifs is 1. The first kappa shape index (κ1) is 18.4. The Morgan fingerprint density at radius 2 is 2.00 bits per heavy atom. The van der Waals surface area contributed by atoms with Gasteiger partial charge in [0.1, 0.15) is 11.5 Å². The third-order valence-electron chi connectivity index (χ3n) is 4.25. The van der Waals surface area contributed by atoms with Crippen molar-refractivity contribution >= 4 is 18.5 Å². The van der Waals surface area contributed by atoms with E-state index in [1.807, 2.05) is 19.1 Å². The largest absolute Gasteiger partial charge is 0.435 e. The minimum absolute atomic E-state index is 0.339. The highest BCUT2D eigenvalue weighted by molar-refractivity contribution is 8.07. The number of hydrogen-bond donors (Lipinski definition) is 0. The molecule has 0 aromatic heterocycles. The molecule has 0 saturated carbocycles. The lowest BCUT2D eigenvalue weighted by Crippen LogP contribution is -2.12. The van der Waals surface area contributed by atoms with Crippen molar-refractivity contribution in [1.82, 2.24) is 0 Å². The van der Waals surface area contributed by atoms with E-state index >= 15 is 0 Å². The van der Waals surface area contributed by atoms with Crippen molar-refractivity contribution < 1.29 is 13.6 Å². The number of hydrogen-bond acceptors (Lipinski definition) is 4. The van der Waals surface area contributed by atoms with Crippen LogP contribution < -0.4 is 9.05 Å². The molecule has 1 aliphatic rings. The van der Waals surface area contributed by atoms with Gasteiger partial charge in [-0.05, 0) is 54.2 Å². The first-order valence-corrected chi connectivity index (χ1v) is 11.3. The lowest BCUT2D eigenvalue weighted by atomic mass is 10.0. The van der Waals surface area contributed by atoms with Gasteiger partial charge < -0.3 is 9.05 Å². The Kier molecular flexibility index (Phi) is 5.52. The fourth-order valence-corrected chi connectivity index (χ4v) is 4.84. The van der Waals surface area contributed by atoms with E-state index in [9.17, 15) is 0 Å². The van der Waals surface area contributed by atoms with Gasteiger partial charge in [-0.3, -0.25) is 4.52 Å². The van der Waals surface area contributed by atoms with E-state index in [1.54, 1.807) is 0 Å². The third kappa shape index (κ3) is 4.25. The lowest BCUT2D eigenvalue weighted by Gasteiger charge is -2.29. The minimum atomic E-state index is -2.85. The summed E-state index contributed by atoms with van der Waals surface area (Å²) < 4.78 is 18.0. The van der Waals surface area contributed by atoms with Crippen molar-refractivity contribution in [3.63, 3.8) is 0 Å². The molecule has 1 heterocycles. The highest BCUT2D eigenvalue weighted by Crippen LogP contribution is 2.55. The number of benzene rings is 2. The van der Waals surface area contributed by atoms with Gasteiger partial charge in [0.05, 0.1) is 6.61 Å². The molecule has 0 spiro atoms. The first-order chi connectivity index (χ1) is 11.9. The molecule has 0 bridgehead atoms. The fraction of sp³-hybridized carbons (Fsp3) is 0.400. The Morgan fingerprint density at radius 3 is 2.72 bits per heavy atom. The van der Waals surface area contributed by atoms with Gasteiger partial charge in [-0.25, -0.2) is 0 Å². The molecule has 0 fully saturated rings. The average Bonchev–Trinajstić information content (AvgIpc) is 2.55. The van der Waals surface area contributed by atoms with Gasteiger partial charge in [0.25, 0.3) is 0 Å². The van der Waals surface area contributed by atoms with E-state index in [1.165, 1.54) is 5.56 Å². The Labute approximate surface area is 155 Å². The molecule has 3 rings (SSSR count). The van der Waals surface area contributed by atoms with Crippen LogP contribution in [0.2, 0.25) is 0 Å². The van der Waals surface area contributed by atoms with E-state index in [0.29, 0.717) is 12.5 Å². The Balaban J connectivity index is 1.85. The molecule has 5 heteroatoms. The van der Waals surface area contributed by atoms with Crippen LogP contribution in [0.25, 0.3) is 0 Å². The molecular formula is C20H25O3PS. The van der Waals surface area contributed by atoms with Crippen molar-refractivity contribution in [2.75, 3.05) is 0 Å². The van der Waals surface area contributed by atoms with Crippen LogP contribution in [0.3, 0.4) is 0 Å². The van der Waals surface area contributed by atoms with Gasteiger partial charge in [-0.15, -0.1) is 0 Å². The van der Waals surface area contributed by atoms with Crippen LogP contribution in [-0.4, -0.2) is 0 Å². The highest BCUT2D eigenvalue weighted by Gasteiger charge is 2.31. The zero-order valence-corrected chi connectivity index (χ0v) is 17.0. The van der Waals surface area contributed by atoms with Gasteiger partial charge in [0.2, 0.25) is 0 Å². The van der Waals surface area contributed by atoms with Crippen LogP contribution in [0.4, 0.5) is 0 Å². The summed E-state index contributed by atoms with van der Waals surface area (Å²) in [5, 5.41) is 0. The summed E-state index contributed by atoms with van der Waals surface area (Å²) in [6, 6.07) is 12.4. The molecule has 0 aliphatic carbocycles. The maximum atomic E-state index is 6.13. The molecule has 2 aromatic rings. The predicted molar refractivity (Wildman–Crippen MR) is 106 cm³/mol. The Morgan fingerprint density at radius 1 is 1.20 bits per heavy atom. The monoisotopic (exact) mass is 376 g/mol. The quantitative estimate of drug-likeness (QED) is 0.574.